The normalized spacial score (nSPS) is 11.5. The third kappa shape index (κ3) is 7.22. The standard InChI is InChI=1S/C26H26FN3OS.C2H6.H3NS/c1-4-5-13-28-20-7-9-22-18(3)30(14-12-19(22)15-20)24-10-8-21(16-23(24)27)29-26(31)25-11-6-17(2)32-25;2*1-2/h6-12,14-16,28H,3-5,13H2,1-2H3,(H,29,31);1-2H3;2H,1H2. The Morgan fingerprint density at radius 1 is 1.11 bits per heavy atom. The number of unbranched alkanes of at least 4 members (excludes halogenated alkanes) is 1. The number of halogens is 1. The monoisotopic (exact) mass is 526 g/mol. The predicted molar refractivity (Wildman–Crippen MR) is 158 cm³/mol. The number of nitrogens with one attached hydrogen (secondary N) is 2. The van der Waals surface area contributed by atoms with Crippen LogP contribution in [0.1, 0.15) is 59.3 Å². The van der Waals surface area contributed by atoms with E-state index in [1.165, 1.54) is 17.4 Å². The van der Waals surface area contributed by atoms with Crippen LogP contribution in [-0.2, 0) is 0 Å². The Morgan fingerprint density at radius 2 is 1.83 bits per heavy atom. The van der Waals surface area contributed by atoms with Crippen LogP contribution in [0.4, 0.5) is 21.5 Å². The third-order valence-electron chi connectivity index (χ3n) is 5.35. The molecule has 5 nitrogen and oxygen atoms in total. The maximum Gasteiger partial charge on any atom is 0.265 e. The van der Waals surface area contributed by atoms with E-state index in [0.29, 0.717) is 21.9 Å². The molecule has 4 N–H and O–H groups in total. The molecule has 0 aliphatic carbocycles. The molecular weight excluding hydrogens is 491 g/mol. The lowest BCUT2D eigenvalue weighted by Crippen LogP contribution is -2.19. The van der Waals surface area contributed by atoms with Crippen molar-refractivity contribution in [3.05, 3.63) is 88.0 Å². The van der Waals surface area contributed by atoms with E-state index >= 15 is 4.39 Å². The van der Waals surface area contributed by atoms with Crippen LogP contribution in [-0.4, -0.2) is 12.5 Å². The van der Waals surface area contributed by atoms with Gasteiger partial charge in [0.15, 0.2) is 0 Å². The average Bonchev–Trinajstić information content (AvgIpc) is 3.34. The Kier molecular flexibility index (Phi) is 11.7. The molecule has 2 heterocycles. The highest BCUT2D eigenvalue weighted by Gasteiger charge is 2.20. The Balaban J connectivity index is 0.00000109. The highest BCUT2D eigenvalue weighted by molar-refractivity contribution is 7.77. The average molecular weight is 527 g/mol. The zero-order valence-corrected chi connectivity index (χ0v) is 23.0. The Morgan fingerprint density at radius 3 is 2.47 bits per heavy atom. The summed E-state index contributed by atoms with van der Waals surface area (Å²) in [6, 6.07) is 14.5. The van der Waals surface area contributed by atoms with Crippen molar-refractivity contribution in [2.24, 2.45) is 5.14 Å². The van der Waals surface area contributed by atoms with Gasteiger partial charge in [-0.25, -0.2) is 4.39 Å². The minimum absolute atomic E-state index is 0.241. The van der Waals surface area contributed by atoms with Gasteiger partial charge in [-0.2, -0.15) is 0 Å². The fourth-order valence-electron chi connectivity index (χ4n) is 3.61. The topological polar surface area (TPSA) is 70.4 Å². The number of nitrogens with two attached hydrogens (primary N) is 1. The summed E-state index contributed by atoms with van der Waals surface area (Å²) in [6.45, 7) is 13.2. The first-order valence-electron chi connectivity index (χ1n) is 11.9. The Hall–Kier alpha value is -3.07. The van der Waals surface area contributed by atoms with E-state index in [9.17, 15) is 4.79 Å². The van der Waals surface area contributed by atoms with Crippen molar-refractivity contribution in [3.63, 3.8) is 0 Å². The van der Waals surface area contributed by atoms with E-state index in [2.05, 4.69) is 48.2 Å². The highest BCUT2D eigenvalue weighted by atomic mass is 32.1. The fourth-order valence-corrected chi connectivity index (χ4v) is 4.38. The lowest BCUT2D eigenvalue weighted by Gasteiger charge is -2.28. The molecule has 0 saturated heterocycles. The Bertz CT molecular complexity index is 1210. The van der Waals surface area contributed by atoms with E-state index in [1.807, 2.05) is 51.2 Å². The van der Waals surface area contributed by atoms with Crippen LogP contribution >= 0.6 is 24.2 Å². The summed E-state index contributed by atoms with van der Waals surface area (Å²) in [5.41, 5.74) is 4.56. The van der Waals surface area contributed by atoms with Crippen molar-refractivity contribution in [1.29, 1.82) is 0 Å². The predicted octanol–water partition coefficient (Wildman–Crippen LogP) is 7.94. The molecule has 1 aliphatic rings. The van der Waals surface area contributed by atoms with Gasteiger partial charge < -0.3 is 15.5 Å². The third-order valence-corrected chi connectivity index (χ3v) is 6.34. The smallest absolute Gasteiger partial charge is 0.265 e. The van der Waals surface area contributed by atoms with Gasteiger partial charge in [0.1, 0.15) is 5.82 Å². The molecule has 0 radical (unpaired) electrons. The zero-order valence-electron chi connectivity index (χ0n) is 21.3. The van der Waals surface area contributed by atoms with Gasteiger partial charge in [0, 0.05) is 40.3 Å². The second-order valence-corrected chi connectivity index (χ2v) is 9.03. The largest absolute Gasteiger partial charge is 0.385 e. The molecule has 0 unspecified atom stereocenters. The van der Waals surface area contributed by atoms with Crippen molar-refractivity contribution in [2.75, 3.05) is 22.1 Å². The molecule has 2 aromatic carbocycles. The number of thiophene rings is 1. The summed E-state index contributed by atoms with van der Waals surface area (Å²) in [5.74, 6) is -0.674. The number of hydrogen-bond acceptors (Lipinski definition) is 6. The molecule has 1 aliphatic heterocycles. The molecule has 0 atom stereocenters. The number of carbonyl (C=O) groups is 1. The maximum atomic E-state index is 15.0. The number of rotatable bonds is 7. The van der Waals surface area contributed by atoms with Crippen LogP contribution in [0.25, 0.3) is 11.8 Å². The van der Waals surface area contributed by atoms with Crippen molar-refractivity contribution in [3.8, 4) is 0 Å². The summed E-state index contributed by atoms with van der Waals surface area (Å²) in [6.07, 6.45) is 6.05. The van der Waals surface area contributed by atoms with Crippen LogP contribution in [0.3, 0.4) is 0 Å². The first-order valence-corrected chi connectivity index (χ1v) is 13.3. The van der Waals surface area contributed by atoms with Crippen LogP contribution in [0.15, 0.2) is 61.3 Å². The maximum absolute atomic E-state index is 15.0. The number of hydrogen-bond donors (Lipinski definition) is 4. The summed E-state index contributed by atoms with van der Waals surface area (Å²) >= 11 is 4.43. The number of nitrogens with zero attached hydrogens (tertiary/aromatic N) is 1. The van der Waals surface area contributed by atoms with Gasteiger partial charge in [-0.1, -0.05) is 39.8 Å². The molecule has 0 saturated carbocycles. The molecule has 0 bridgehead atoms. The first-order chi connectivity index (χ1) is 17.5. The summed E-state index contributed by atoms with van der Waals surface area (Å²) in [5, 5.41) is 10.4. The molecule has 1 aromatic heterocycles. The fraction of sp³-hybridized carbons (Fsp3) is 0.250. The van der Waals surface area contributed by atoms with E-state index in [-0.39, 0.29) is 5.91 Å². The van der Waals surface area contributed by atoms with E-state index in [1.54, 1.807) is 23.1 Å². The number of amides is 1. The van der Waals surface area contributed by atoms with Crippen LogP contribution < -0.4 is 20.7 Å². The van der Waals surface area contributed by atoms with Gasteiger partial charge in [-0.15, -0.1) is 24.2 Å². The Labute approximate surface area is 223 Å². The number of carbonyl (C=O) groups excluding carboxylic acids is 1. The SMILES string of the molecule is C=C1c2ccc(NCCCC)cc2C=CN1c1ccc(NC(=O)c2ccc(C)s2)cc1F.CC.NS. The second kappa shape index (κ2) is 14.5. The minimum atomic E-state index is -0.433. The number of benzene rings is 2. The van der Waals surface area contributed by atoms with Gasteiger partial charge in [0.05, 0.1) is 10.6 Å². The van der Waals surface area contributed by atoms with Crippen molar-refractivity contribution in [1.82, 2.24) is 0 Å². The van der Waals surface area contributed by atoms with Gasteiger partial charge in [-0.3, -0.25) is 9.93 Å². The lowest BCUT2D eigenvalue weighted by atomic mass is 9.99. The van der Waals surface area contributed by atoms with Crippen molar-refractivity contribution in [2.45, 2.75) is 40.5 Å². The zero-order chi connectivity index (χ0) is 26.7. The van der Waals surface area contributed by atoms with Crippen LogP contribution in [0, 0.1) is 12.7 Å². The van der Waals surface area contributed by atoms with Crippen molar-refractivity contribution < 1.29 is 9.18 Å². The van der Waals surface area contributed by atoms with Gasteiger partial charge in [-0.05, 0) is 67.4 Å². The summed E-state index contributed by atoms with van der Waals surface area (Å²) in [7, 11) is 0. The molecule has 0 spiro atoms. The summed E-state index contributed by atoms with van der Waals surface area (Å²) < 4.78 is 15.0. The molecular formula is C28H35FN4OS2. The van der Waals surface area contributed by atoms with Gasteiger partial charge >= 0.3 is 0 Å². The highest BCUT2D eigenvalue weighted by Crippen LogP contribution is 2.36. The molecule has 1 amide bonds. The quantitative estimate of drug-likeness (QED) is 0.186. The van der Waals surface area contributed by atoms with E-state index in [0.717, 1.165) is 41.1 Å². The minimum Gasteiger partial charge on any atom is -0.385 e. The van der Waals surface area contributed by atoms with Crippen molar-refractivity contribution >= 4 is 58.9 Å². The molecule has 3 aromatic rings. The molecule has 0 fully saturated rings. The summed E-state index contributed by atoms with van der Waals surface area (Å²) in [4.78, 5) is 15.7. The first kappa shape index (κ1) is 29.2. The molecule has 192 valence electrons. The second-order valence-electron chi connectivity index (χ2n) is 7.75. The van der Waals surface area contributed by atoms with E-state index < -0.39 is 5.82 Å². The molecule has 4 rings (SSSR count). The van der Waals surface area contributed by atoms with Crippen LogP contribution in [0.5, 0.6) is 0 Å². The van der Waals surface area contributed by atoms with E-state index in [4.69, 9.17) is 0 Å². The number of aryl methyl sites for hydroxylation is 1. The lowest BCUT2D eigenvalue weighted by molar-refractivity contribution is 0.103. The molecule has 8 heteroatoms. The number of fused-ring (bicyclic) bond motifs is 1. The molecule has 36 heavy (non-hydrogen) atoms. The van der Waals surface area contributed by atoms with Crippen LogP contribution in [0.2, 0.25) is 0 Å². The number of anilines is 3. The van der Waals surface area contributed by atoms with Gasteiger partial charge in [0.2, 0.25) is 0 Å². The number of thiol groups is 1. The van der Waals surface area contributed by atoms with Gasteiger partial charge in [0.25, 0.3) is 5.91 Å².